The molecule has 2 heterocycles. The van der Waals surface area contributed by atoms with Crippen LogP contribution < -0.4 is 5.32 Å². The Hall–Kier alpha value is -1.79. The van der Waals surface area contributed by atoms with E-state index in [0.29, 0.717) is 6.42 Å². The smallest absolute Gasteiger partial charge is 0.220 e. The fourth-order valence-corrected chi connectivity index (χ4v) is 15.9. The first-order valence-electron chi connectivity index (χ1n) is 47.2. The van der Waals surface area contributed by atoms with Crippen LogP contribution in [-0.4, -0.2) is 140 Å². The molecule has 0 bridgehead atoms. The van der Waals surface area contributed by atoms with E-state index >= 15 is 0 Å². The van der Waals surface area contributed by atoms with Crippen LogP contribution in [0, 0.1) is 0 Å². The molecule has 14 heteroatoms. The largest absolute Gasteiger partial charge is 0.394 e. The molecule has 0 spiro atoms. The number of unbranched alkanes of at least 4 members (excludes halogenated alkanes) is 65. The number of carbonyl (C=O) groups is 1. The Labute approximate surface area is 665 Å². The molecule has 1 amide bonds. The first-order chi connectivity index (χ1) is 53.1. The van der Waals surface area contributed by atoms with Crippen molar-refractivity contribution in [3.05, 3.63) is 36.5 Å². The van der Waals surface area contributed by atoms with Crippen LogP contribution in [0.15, 0.2) is 36.5 Å². The van der Waals surface area contributed by atoms with Gasteiger partial charge >= 0.3 is 0 Å². The molecule has 0 aliphatic carbocycles. The molecule has 2 fully saturated rings. The molecule has 12 atom stereocenters. The molecule has 12 unspecified atom stereocenters. The molecule has 0 aromatic rings. The minimum absolute atomic E-state index is 0.228. The number of aliphatic hydroxyl groups excluding tert-OH is 8. The lowest BCUT2D eigenvalue weighted by atomic mass is 9.97. The SMILES string of the molecule is CCCCCCC/C=C\C/C=C\CCCCCCCCCCCCCCCCCCCCCCCCCCCCCCCC(=O)NC(COC1OC(CO)C(OC2OC(CO)C(O)C(O)C2O)C(O)C1O)C(O)/C=C/CCCCCCCCCCCCCCCCCCCCCCCCCCCCCCCCC. The van der Waals surface area contributed by atoms with Crippen molar-refractivity contribution in [3.8, 4) is 0 Å². The lowest BCUT2D eigenvalue weighted by Gasteiger charge is -2.46. The van der Waals surface area contributed by atoms with Crippen molar-refractivity contribution in [2.24, 2.45) is 0 Å². The second kappa shape index (κ2) is 77.8. The van der Waals surface area contributed by atoms with Crippen molar-refractivity contribution in [2.45, 2.75) is 537 Å². The maximum absolute atomic E-state index is 13.4. The predicted molar refractivity (Wildman–Crippen MR) is 452 cm³/mol. The quantitative estimate of drug-likeness (QED) is 0.0204. The number of amides is 1. The third kappa shape index (κ3) is 59.0. The first kappa shape index (κ1) is 102. The summed E-state index contributed by atoms with van der Waals surface area (Å²) in [4.78, 5) is 13.4. The fourth-order valence-electron chi connectivity index (χ4n) is 15.9. The molecule has 14 nitrogen and oxygen atoms in total. The number of aliphatic hydroxyl groups is 8. The molecular formula is C94H179NO13. The lowest BCUT2D eigenvalue weighted by molar-refractivity contribution is -0.359. The van der Waals surface area contributed by atoms with Gasteiger partial charge in [0.05, 0.1) is 32.0 Å². The second-order valence-electron chi connectivity index (χ2n) is 33.5. The average Bonchev–Trinajstić information content (AvgIpc) is 0.789. The Balaban J connectivity index is 1.53. The van der Waals surface area contributed by atoms with Crippen molar-refractivity contribution >= 4 is 5.91 Å². The summed E-state index contributed by atoms with van der Waals surface area (Å²) in [6.45, 7) is 2.87. The van der Waals surface area contributed by atoms with Gasteiger partial charge in [-0.1, -0.05) is 442 Å². The van der Waals surface area contributed by atoms with E-state index in [9.17, 15) is 45.6 Å². The third-order valence-corrected chi connectivity index (χ3v) is 23.3. The van der Waals surface area contributed by atoms with Gasteiger partial charge in [0.25, 0.3) is 0 Å². The number of hydrogen-bond acceptors (Lipinski definition) is 13. The molecule has 0 radical (unpaired) electrons. The third-order valence-electron chi connectivity index (χ3n) is 23.3. The Kier molecular flexibility index (Phi) is 73.7. The van der Waals surface area contributed by atoms with Gasteiger partial charge < -0.3 is 65.1 Å². The Morgan fingerprint density at radius 1 is 0.333 bits per heavy atom. The maximum atomic E-state index is 13.4. The number of allylic oxidation sites excluding steroid dienone is 5. The predicted octanol–water partition coefficient (Wildman–Crippen LogP) is 23.5. The number of rotatable bonds is 82. The molecule has 0 aromatic carbocycles. The maximum Gasteiger partial charge on any atom is 0.220 e. The summed E-state index contributed by atoms with van der Waals surface area (Å²) in [5, 5.41) is 87.9. The molecule has 108 heavy (non-hydrogen) atoms. The van der Waals surface area contributed by atoms with Crippen LogP contribution in [0.4, 0.5) is 0 Å². The van der Waals surface area contributed by atoms with Crippen LogP contribution in [0.3, 0.4) is 0 Å². The van der Waals surface area contributed by atoms with Gasteiger partial charge in [-0.15, -0.1) is 0 Å². The number of nitrogens with one attached hydrogen (secondary N) is 1. The Morgan fingerprint density at radius 2 is 0.611 bits per heavy atom. The van der Waals surface area contributed by atoms with Crippen molar-refractivity contribution in [3.63, 3.8) is 0 Å². The van der Waals surface area contributed by atoms with E-state index in [2.05, 4.69) is 43.5 Å². The molecule has 2 saturated heterocycles. The average molecular weight is 1530 g/mol. The molecule has 0 saturated carbocycles. The minimum atomic E-state index is -1.79. The minimum Gasteiger partial charge on any atom is -0.394 e. The van der Waals surface area contributed by atoms with Gasteiger partial charge in [0.1, 0.15) is 48.8 Å². The van der Waals surface area contributed by atoms with E-state index < -0.39 is 86.8 Å². The number of hydrogen-bond donors (Lipinski definition) is 9. The van der Waals surface area contributed by atoms with Gasteiger partial charge in [-0.25, -0.2) is 0 Å². The number of carbonyl (C=O) groups excluding carboxylic acids is 1. The summed E-state index contributed by atoms with van der Waals surface area (Å²) >= 11 is 0. The van der Waals surface area contributed by atoms with Crippen molar-refractivity contribution in [1.29, 1.82) is 0 Å². The summed E-state index contributed by atoms with van der Waals surface area (Å²) in [6, 6.07) is -0.915. The fraction of sp³-hybridized carbons (Fsp3) is 0.926. The van der Waals surface area contributed by atoms with Crippen LogP contribution >= 0.6 is 0 Å². The first-order valence-corrected chi connectivity index (χ1v) is 47.2. The summed E-state index contributed by atoms with van der Waals surface area (Å²) in [5.74, 6) is -0.228. The van der Waals surface area contributed by atoms with Crippen LogP contribution in [0.1, 0.15) is 463 Å². The highest BCUT2D eigenvalue weighted by Crippen LogP contribution is 2.31. The highest BCUT2D eigenvalue weighted by molar-refractivity contribution is 5.76. The van der Waals surface area contributed by atoms with E-state index in [0.717, 1.165) is 44.9 Å². The molecular weight excluding hydrogens is 1350 g/mol. The summed E-state index contributed by atoms with van der Waals surface area (Å²) in [5.41, 5.74) is 0. The zero-order valence-corrected chi connectivity index (χ0v) is 70.6. The molecule has 0 aromatic heterocycles. The van der Waals surface area contributed by atoms with E-state index in [-0.39, 0.29) is 18.9 Å². The van der Waals surface area contributed by atoms with Gasteiger partial charge in [0.2, 0.25) is 5.91 Å². The second-order valence-corrected chi connectivity index (χ2v) is 33.5. The molecule has 2 aliphatic rings. The summed E-state index contributed by atoms with van der Waals surface area (Å²) in [7, 11) is 0. The van der Waals surface area contributed by atoms with Crippen molar-refractivity contribution in [1.82, 2.24) is 5.32 Å². The standard InChI is InChI=1S/C94H179NO13/c1-3-5-7-9-11-13-15-17-19-21-23-25-27-29-31-33-35-37-38-39-40-41-42-43-44-46-48-50-52-54-56-58-60-62-64-66-68-70-72-74-76-78-86(99)95-82(81-105-93-91(104)89(102)92(85(80-97)107-93)108-94-90(103)88(101)87(100)84(79-96)106-94)83(98)77-75-73-71-69-67-65-63-61-59-57-55-53-51-49-47-45-36-34-32-30-28-26-24-22-20-18-16-14-12-10-8-6-4-2/h15,17,21,23,75,77,82-85,87-94,96-98,100-104H,3-14,16,18-20,22,24-74,76,78-81H2,1-2H3,(H,95,99)/b17-15-,23-21-,77-75+. The van der Waals surface area contributed by atoms with Gasteiger partial charge in [0, 0.05) is 6.42 Å². The Bertz CT molecular complexity index is 1960. The zero-order valence-electron chi connectivity index (χ0n) is 70.6. The Morgan fingerprint density at radius 3 is 0.926 bits per heavy atom. The topological polar surface area (TPSA) is 228 Å². The monoisotopic (exact) mass is 1530 g/mol. The number of ether oxygens (including phenoxy) is 4. The summed E-state index contributed by atoms with van der Waals surface area (Å²) in [6.07, 6.45) is 88.6. The van der Waals surface area contributed by atoms with Crippen molar-refractivity contribution in [2.75, 3.05) is 19.8 Å². The normalized spacial score (nSPS) is 21.2. The van der Waals surface area contributed by atoms with Gasteiger partial charge in [-0.2, -0.15) is 0 Å². The lowest BCUT2D eigenvalue weighted by Crippen LogP contribution is -2.65. The van der Waals surface area contributed by atoms with Gasteiger partial charge in [0.15, 0.2) is 12.6 Å². The molecule has 2 aliphatic heterocycles. The van der Waals surface area contributed by atoms with Crippen LogP contribution in [0.25, 0.3) is 0 Å². The van der Waals surface area contributed by atoms with E-state index in [4.69, 9.17) is 18.9 Å². The molecule has 9 N–H and O–H groups in total. The van der Waals surface area contributed by atoms with Gasteiger partial charge in [-0.3, -0.25) is 4.79 Å². The zero-order chi connectivity index (χ0) is 77.9. The van der Waals surface area contributed by atoms with E-state index in [1.165, 1.54) is 392 Å². The molecule has 2 rings (SSSR count). The van der Waals surface area contributed by atoms with Crippen molar-refractivity contribution < 1.29 is 64.6 Å². The highest BCUT2D eigenvalue weighted by Gasteiger charge is 2.51. The van der Waals surface area contributed by atoms with Gasteiger partial charge in [-0.05, 0) is 51.4 Å². The van der Waals surface area contributed by atoms with E-state index in [1.807, 2.05) is 6.08 Å². The molecule has 638 valence electrons. The summed E-state index contributed by atoms with van der Waals surface area (Å²) < 4.78 is 23.0. The van der Waals surface area contributed by atoms with Crippen LogP contribution in [0.2, 0.25) is 0 Å². The van der Waals surface area contributed by atoms with Crippen LogP contribution in [0.5, 0.6) is 0 Å². The highest BCUT2D eigenvalue weighted by atomic mass is 16.7. The van der Waals surface area contributed by atoms with E-state index in [1.54, 1.807) is 6.08 Å². The van der Waals surface area contributed by atoms with Crippen LogP contribution in [-0.2, 0) is 23.7 Å².